The number of hydrogen-bond acceptors (Lipinski definition) is 3. The lowest BCUT2D eigenvalue weighted by atomic mass is 10.1. The van der Waals surface area contributed by atoms with Crippen LogP contribution in [0.2, 0.25) is 5.02 Å². The van der Waals surface area contributed by atoms with Crippen molar-refractivity contribution < 1.29 is 9.53 Å². The van der Waals surface area contributed by atoms with E-state index in [1.807, 2.05) is 36.1 Å². The minimum Gasteiger partial charge on any atom is -0.383 e. The van der Waals surface area contributed by atoms with Crippen molar-refractivity contribution in [1.29, 1.82) is 0 Å². The first-order valence-corrected chi connectivity index (χ1v) is 7.79. The van der Waals surface area contributed by atoms with E-state index in [9.17, 15) is 4.79 Å². The second-order valence-corrected chi connectivity index (χ2v) is 5.95. The van der Waals surface area contributed by atoms with Crippen molar-refractivity contribution in [2.75, 3.05) is 13.7 Å². The summed E-state index contributed by atoms with van der Waals surface area (Å²) in [6.45, 7) is 4.61. The molecule has 1 saturated heterocycles. The predicted octanol–water partition coefficient (Wildman–Crippen LogP) is 2.97. The molecule has 0 spiro atoms. The van der Waals surface area contributed by atoms with Crippen LogP contribution in [0.3, 0.4) is 0 Å². The first-order valence-electron chi connectivity index (χ1n) is 7.41. The lowest BCUT2D eigenvalue weighted by molar-refractivity contribution is -0.133. The molecular weight excluding hydrogens is 288 g/mol. The van der Waals surface area contributed by atoms with Gasteiger partial charge in [-0.3, -0.25) is 10.1 Å². The van der Waals surface area contributed by atoms with Crippen molar-refractivity contribution in [3.63, 3.8) is 0 Å². The molecule has 0 radical (unpaired) electrons. The van der Waals surface area contributed by atoms with E-state index in [2.05, 4.69) is 12.2 Å². The highest BCUT2D eigenvalue weighted by Gasteiger charge is 2.41. The monoisotopic (exact) mass is 310 g/mol. The molecule has 1 amide bonds. The third kappa shape index (κ3) is 3.57. The van der Waals surface area contributed by atoms with Crippen molar-refractivity contribution in [2.45, 2.75) is 44.9 Å². The van der Waals surface area contributed by atoms with Gasteiger partial charge in [0.05, 0.1) is 18.7 Å². The Balaban J connectivity index is 2.29. The summed E-state index contributed by atoms with van der Waals surface area (Å²) in [5.74, 6) is 0.145. The maximum atomic E-state index is 12.7. The van der Waals surface area contributed by atoms with Crippen LogP contribution in [-0.2, 0) is 9.53 Å². The van der Waals surface area contributed by atoms with Crippen LogP contribution in [0.5, 0.6) is 0 Å². The normalized spacial score (nSPS) is 23.6. The van der Waals surface area contributed by atoms with Crippen LogP contribution < -0.4 is 5.32 Å². The van der Waals surface area contributed by atoms with Crippen molar-refractivity contribution in [2.24, 2.45) is 0 Å². The quantitative estimate of drug-likeness (QED) is 0.878. The van der Waals surface area contributed by atoms with E-state index in [4.69, 9.17) is 16.3 Å². The minimum atomic E-state index is -0.141. The number of halogens is 1. The average molecular weight is 311 g/mol. The van der Waals surface area contributed by atoms with Gasteiger partial charge in [0, 0.05) is 12.1 Å². The SMILES string of the molecule is CCCC1NC(c2cccc(Cl)c2)N(C(C)COC)C1=O. The standard InChI is InChI=1S/C16H23ClN2O2/c1-4-6-14-16(20)19(11(2)10-21-3)15(18-14)12-7-5-8-13(17)9-12/h5,7-9,11,14-15,18H,4,6,10H2,1-3H3. The Labute approximate surface area is 131 Å². The third-order valence-corrected chi connectivity index (χ3v) is 4.05. The Bertz CT molecular complexity index is 495. The van der Waals surface area contributed by atoms with Gasteiger partial charge in [-0.1, -0.05) is 37.1 Å². The average Bonchev–Trinajstić information content (AvgIpc) is 2.77. The van der Waals surface area contributed by atoms with Crippen LogP contribution in [0.15, 0.2) is 24.3 Å². The number of amides is 1. The zero-order valence-corrected chi connectivity index (χ0v) is 13.6. The van der Waals surface area contributed by atoms with Crippen LogP contribution in [0.4, 0.5) is 0 Å². The summed E-state index contributed by atoms with van der Waals surface area (Å²) in [7, 11) is 1.66. The minimum absolute atomic E-state index is 0.0147. The summed E-state index contributed by atoms with van der Waals surface area (Å²) in [5, 5.41) is 4.12. The van der Waals surface area contributed by atoms with Gasteiger partial charge in [0.15, 0.2) is 0 Å². The van der Waals surface area contributed by atoms with Gasteiger partial charge < -0.3 is 9.64 Å². The van der Waals surface area contributed by atoms with Gasteiger partial charge in [-0.15, -0.1) is 0 Å². The van der Waals surface area contributed by atoms with E-state index in [0.29, 0.717) is 11.6 Å². The first kappa shape index (κ1) is 16.3. The third-order valence-electron chi connectivity index (χ3n) is 3.81. The van der Waals surface area contributed by atoms with Gasteiger partial charge in [0.1, 0.15) is 6.17 Å². The summed E-state index contributed by atoms with van der Waals surface area (Å²) >= 11 is 6.09. The summed E-state index contributed by atoms with van der Waals surface area (Å²) in [5.41, 5.74) is 1.01. The highest BCUT2D eigenvalue weighted by atomic mass is 35.5. The zero-order valence-electron chi connectivity index (χ0n) is 12.8. The first-order chi connectivity index (χ1) is 10.1. The van der Waals surface area contributed by atoms with Crippen molar-refractivity contribution in [3.8, 4) is 0 Å². The molecule has 0 aromatic heterocycles. The number of carbonyl (C=O) groups is 1. The molecule has 1 fully saturated rings. The number of nitrogens with zero attached hydrogens (tertiary/aromatic N) is 1. The van der Waals surface area contributed by atoms with Crippen LogP contribution >= 0.6 is 11.6 Å². The zero-order chi connectivity index (χ0) is 15.4. The number of hydrogen-bond donors (Lipinski definition) is 1. The highest BCUT2D eigenvalue weighted by molar-refractivity contribution is 6.30. The van der Waals surface area contributed by atoms with Gasteiger partial charge >= 0.3 is 0 Å². The van der Waals surface area contributed by atoms with Gasteiger partial charge in [-0.05, 0) is 31.0 Å². The number of rotatable bonds is 6. The Morgan fingerprint density at radius 1 is 1.48 bits per heavy atom. The van der Waals surface area contributed by atoms with Crippen LogP contribution in [0.25, 0.3) is 0 Å². The second kappa shape index (κ2) is 7.25. The van der Waals surface area contributed by atoms with E-state index < -0.39 is 0 Å². The smallest absolute Gasteiger partial charge is 0.241 e. The van der Waals surface area contributed by atoms with Crippen LogP contribution in [-0.4, -0.2) is 36.6 Å². The van der Waals surface area contributed by atoms with Gasteiger partial charge in [0.2, 0.25) is 5.91 Å². The Kier molecular flexibility index (Phi) is 5.62. The highest BCUT2D eigenvalue weighted by Crippen LogP contribution is 2.30. The molecule has 1 heterocycles. The molecular formula is C16H23ClN2O2. The fraction of sp³-hybridized carbons (Fsp3) is 0.562. The van der Waals surface area contributed by atoms with Crippen molar-refractivity contribution >= 4 is 17.5 Å². The number of benzene rings is 1. The molecule has 0 saturated carbocycles. The predicted molar refractivity (Wildman–Crippen MR) is 84.2 cm³/mol. The van der Waals surface area contributed by atoms with E-state index >= 15 is 0 Å². The van der Waals surface area contributed by atoms with E-state index in [1.165, 1.54) is 0 Å². The summed E-state index contributed by atoms with van der Waals surface area (Å²) < 4.78 is 5.22. The van der Waals surface area contributed by atoms with Crippen LogP contribution in [0, 0.1) is 0 Å². The molecule has 2 rings (SSSR count). The second-order valence-electron chi connectivity index (χ2n) is 5.52. The molecule has 1 aliphatic heterocycles. The maximum Gasteiger partial charge on any atom is 0.241 e. The largest absolute Gasteiger partial charge is 0.383 e. The molecule has 21 heavy (non-hydrogen) atoms. The number of ether oxygens (including phenoxy) is 1. The topological polar surface area (TPSA) is 41.6 Å². The fourth-order valence-corrected chi connectivity index (χ4v) is 3.07. The molecule has 4 nitrogen and oxygen atoms in total. The summed E-state index contributed by atoms with van der Waals surface area (Å²) in [4.78, 5) is 14.5. The van der Waals surface area contributed by atoms with Crippen molar-refractivity contribution in [1.82, 2.24) is 10.2 Å². The number of nitrogens with one attached hydrogen (secondary N) is 1. The summed E-state index contributed by atoms with van der Waals surface area (Å²) in [6.07, 6.45) is 1.67. The molecule has 1 N–H and O–H groups in total. The molecule has 116 valence electrons. The Hall–Kier alpha value is -1.10. The van der Waals surface area contributed by atoms with E-state index in [0.717, 1.165) is 18.4 Å². The fourth-order valence-electron chi connectivity index (χ4n) is 2.87. The van der Waals surface area contributed by atoms with Crippen LogP contribution in [0.1, 0.15) is 38.4 Å². The van der Waals surface area contributed by atoms with Gasteiger partial charge in [-0.25, -0.2) is 0 Å². The molecule has 1 aromatic carbocycles. The Morgan fingerprint density at radius 2 is 2.24 bits per heavy atom. The molecule has 3 atom stereocenters. The molecule has 3 unspecified atom stereocenters. The van der Waals surface area contributed by atoms with Gasteiger partial charge in [-0.2, -0.15) is 0 Å². The summed E-state index contributed by atoms with van der Waals surface area (Å²) in [6, 6.07) is 7.55. The molecule has 0 bridgehead atoms. The van der Waals surface area contributed by atoms with Crippen molar-refractivity contribution in [3.05, 3.63) is 34.9 Å². The Morgan fingerprint density at radius 3 is 2.86 bits per heavy atom. The van der Waals surface area contributed by atoms with E-state index in [-0.39, 0.29) is 24.2 Å². The molecule has 5 heteroatoms. The number of methoxy groups -OCH3 is 1. The van der Waals surface area contributed by atoms with E-state index in [1.54, 1.807) is 7.11 Å². The lowest BCUT2D eigenvalue weighted by Gasteiger charge is -2.30. The molecule has 0 aliphatic carbocycles. The molecule has 1 aromatic rings. The molecule has 1 aliphatic rings. The maximum absolute atomic E-state index is 12.7. The van der Waals surface area contributed by atoms with Gasteiger partial charge in [0.25, 0.3) is 0 Å². The number of carbonyl (C=O) groups excluding carboxylic acids is 1. The lowest BCUT2D eigenvalue weighted by Crippen LogP contribution is -2.40.